The van der Waals surface area contributed by atoms with E-state index < -0.39 is 0 Å². The number of aromatic nitrogens is 1. The predicted molar refractivity (Wildman–Crippen MR) is 129 cm³/mol. The lowest BCUT2D eigenvalue weighted by Crippen LogP contribution is -2.34. The summed E-state index contributed by atoms with van der Waals surface area (Å²) in [6.07, 6.45) is 5.29. The fourth-order valence-corrected chi connectivity index (χ4v) is 3.92. The Bertz CT molecular complexity index is 1110. The van der Waals surface area contributed by atoms with Crippen LogP contribution in [-0.2, 0) is 6.54 Å². The highest BCUT2D eigenvalue weighted by Crippen LogP contribution is 2.21. The van der Waals surface area contributed by atoms with Gasteiger partial charge in [0.15, 0.2) is 0 Å². The molecule has 1 aromatic heterocycles. The first-order chi connectivity index (χ1) is 16.1. The quantitative estimate of drug-likeness (QED) is 0.369. The van der Waals surface area contributed by atoms with Gasteiger partial charge in [-0.15, -0.1) is 0 Å². The molecule has 1 aliphatic rings. The lowest BCUT2D eigenvalue weighted by Gasteiger charge is -2.30. The summed E-state index contributed by atoms with van der Waals surface area (Å²) in [5, 5.41) is 7.98. The van der Waals surface area contributed by atoms with Gasteiger partial charge < -0.3 is 5.32 Å². The van der Waals surface area contributed by atoms with Crippen molar-refractivity contribution in [3.63, 3.8) is 0 Å². The topological polar surface area (TPSA) is 69.6 Å². The van der Waals surface area contributed by atoms with Crippen LogP contribution in [0.4, 0.5) is 15.8 Å². The number of nitrogens with zero attached hydrogens (tertiary/aromatic N) is 3. The second kappa shape index (κ2) is 11.0. The molecule has 2 N–H and O–H groups in total. The Morgan fingerprint density at radius 3 is 2.67 bits per heavy atom. The molecule has 0 radical (unpaired) electrons. The van der Waals surface area contributed by atoms with E-state index in [2.05, 4.69) is 31.8 Å². The van der Waals surface area contributed by atoms with E-state index in [4.69, 9.17) is 11.6 Å². The summed E-state index contributed by atoms with van der Waals surface area (Å²) in [5.41, 5.74) is 5.21. The zero-order valence-electron chi connectivity index (χ0n) is 18.0. The molecule has 1 saturated heterocycles. The number of rotatable bonds is 7. The molecule has 4 rings (SSSR count). The van der Waals surface area contributed by atoms with Gasteiger partial charge in [0, 0.05) is 23.5 Å². The molecule has 0 aliphatic carbocycles. The predicted octanol–water partition coefficient (Wildman–Crippen LogP) is 5.25. The first-order valence-corrected chi connectivity index (χ1v) is 11.2. The maximum Gasteiger partial charge on any atom is 0.289 e. The highest BCUT2D eigenvalue weighted by atomic mass is 35.5. The third kappa shape index (κ3) is 6.60. The van der Waals surface area contributed by atoms with Crippen molar-refractivity contribution in [1.29, 1.82) is 0 Å². The molecule has 170 valence electrons. The van der Waals surface area contributed by atoms with Crippen LogP contribution in [0.3, 0.4) is 0 Å². The van der Waals surface area contributed by atoms with Gasteiger partial charge in [0.2, 0.25) is 0 Å². The van der Waals surface area contributed by atoms with E-state index in [0.29, 0.717) is 17.3 Å². The van der Waals surface area contributed by atoms with Gasteiger partial charge in [-0.25, -0.2) is 14.8 Å². The standard InChI is InChI=1S/C25H25ClFN5O/c26-23-7-2-1-4-19(23)17-32-12-10-18(11-13-32)15-29-31-25(33)24-9-8-22(16-28-24)30-21-6-3-5-20(27)14-21/h1-9,14-16,18,30H,10-13,17H2,(H,31,33). The van der Waals surface area contributed by atoms with E-state index in [9.17, 15) is 9.18 Å². The zero-order chi connectivity index (χ0) is 23.0. The number of piperidine rings is 1. The van der Waals surface area contributed by atoms with Crippen molar-refractivity contribution in [3.05, 3.63) is 89.0 Å². The monoisotopic (exact) mass is 465 g/mol. The van der Waals surface area contributed by atoms with Gasteiger partial charge in [-0.1, -0.05) is 35.9 Å². The van der Waals surface area contributed by atoms with Crippen molar-refractivity contribution in [3.8, 4) is 0 Å². The van der Waals surface area contributed by atoms with Crippen molar-refractivity contribution in [2.75, 3.05) is 18.4 Å². The molecule has 8 heteroatoms. The largest absolute Gasteiger partial charge is 0.354 e. The van der Waals surface area contributed by atoms with E-state index in [1.807, 2.05) is 24.4 Å². The van der Waals surface area contributed by atoms with Crippen molar-refractivity contribution in [2.24, 2.45) is 11.0 Å². The molecule has 1 fully saturated rings. The number of pyridine rings is 1. The number of nitrogens with one attached hydrogen (secondary N) is 2. The highest BCUT2D eigenvalue weighted by Gasteiger charge is 2.18. The summed E-state index contributed by atoms with van der Waals surface area (Å²) >= 11 is 6.26. The van der Waals surface area contributed by atoms with E-state index in [1.54, 1.807) is 24.3 Å². The third-order valence-corrected chi connectivity index (χ3v) is 5.91. The molecular formula is C25H25ClFN5O. The first-order valence-electron chi connectivity index (χ1n) is 10.8. The van der Waals surface area contributed by atoms with Crippen LogP contribution in [0.2, 0.25) is 5.02 Å². The smallest absolute Gasteiger partial charge is 0.289 e. The van der Waals surface area contributed by atoms with Gasteiger partial charge >= 0.3 is 0 Å². The first kappa shape index (κ1) is 22.9. The van der Waals surface area contributed by atoms with Gasteiger partial charge in [0.1, 0.15) is 11.5 Å². The number of hydrogen-bond acceptors (Lipinski definition) is 5. The number of likely N-dealkylation sites (tertiary alicyclic amines) is 1. The maximum absolute atomic E-state index is 13.3. The second-order valence-corrected chi connectivity index (χ2v) is 8.40. The van der Waals surface area contributed by atoms with Crippen molar-refractivity contribution in [2.45, 2.75) is 19.4 Å². The Hall–Kier alpha value is -3.29. The number of carbonyl (C=O) groups excluding carboxylic acids is 1. The minimum absolute atomic E-state index is 0.256. The number of hydrogen-bond donors (Lipinski definition) is 2. The summed E-state index contributed by atoms with van der Waals surface area (Å²) in [7, 11) is 0. The van der Waals surface area contributed by atoms with Gasteiger partial charge in [-0.05, 0) is 73.8 Å². The van der Waals surface area contributed by atoms with E-state index in [1.165, 1.54) is 18.3 Å². The second-order valence-electron chi connectivity index (χ2n) is 7.99. The third-order valence-electron chi connectivity index (χ3n) is 5.54. The SMILES string of the molecule is O=C(NN=CC1CCN(Cc2ccccc2Cl)CC1)c1ccc(Nc2cccc(F)c2)cn1. The molecular weight excluding hydrogens is 441 g/mol. The van der Waals surface area contributed by atoms with Gasteiger partial charge in [-0.3, -0.25) is 9.69 Å². The van der Waals surface area contributed by atoms with E-state index in [-0.39, 0.29) is 17.4 Å². The van der Waals surface area contributed by atoms with Crippen LogP contribution in [0.5, 0.6) is 0 Å². The summed E-state index contributed by atoms with van der Waals surface area (Å²) in [6.45, 7) is 2.75. The molecule has 2 heterocycles. The zero-order valence-corrected chi connectivity index (χ0v) is 18.8. The summed E-state index contributed by atoms with van der Waals surface area (Å²) in [6, 6.07) is 17.4. The molecule has 0 atom stereocenters. The Kier molecular flexibility index (Phi) is 7.65. The van der Waals surface area contributed by atoms with Crippen LogP contribution in [0.15, 0.2) is 72.0 Å². The van der Waals surface area contributed by atoms with E-state index in [0.717, 1.165) is 43.1 Å². The van der Waals surface area contributed by atoms with Crippen LogP contribution in [-0.4, -0.2) is 35.1 Å². The van der Waals surface area contributed by atoms with Crippen LogP contribution in [0, 0.1) is 11.7 Å². The van der Waals surface area contributed by atoms with Crippen LogP contribution >= 0.6 is 11.6 Å². The van der Waals surface area contributed by atoms with Crippen LogP contribution < -0.4 is 10.7 Å². The van der Waals surface area contributed by atoms with Crippen molar-refractivity contribution in [1.82, 2.24) is 15.3 Å². The lowest BCUT2D eigenvalue weighted by molar-refractivity contribution is 0.0950. The molecule has 0 spiro atoms. The summed E-state index contributed by atoms with van der Waals surface area (Å²) in [4.78, 5) is 18.9. The van der Waals surface area contributed by atoms with Gasteiger partial charge in [0.25, 0.3) is 5.91 Å². The maximum atomic E-state index is 13.3. The molecule has 0 unspecified atom stereocenters. The average Bonchev–Trinajstić information content (AvgIpc) is 2.82. The summed E-state index contributed by atoms with van der Waals surface area (Å²) < 4.78 is 13.3. The fourth-order valence-electron chi connectivity index (χ4n) is 3.72. The van der Waals surface area contributed by atoms with Gasteiger partial charge in [-0.2, -0.15) is 5.10 Å². The lowest BCUT2D eigenvalue weighted by atomic mass is 9.98. The Morgan fingerprint density at radius 2 is 1.94 bits per heavy atom. The van der Waals surface area contributed by atoms with Crippen molar-refractivity contribution < 1.29 is 9.18 Å². The van der Waals surface area contributed by atoms with Crippen LogP contribution in [0.1, 0.15) is 28.9 Å². The minimum Gasteiger partial charge on any atom is -0.354 e. The number of benzene rings is 2. The molecule has 33 heavy (non-hydrogen) atoms. The molecule has 1 amide bonds. The number of carbonyl (C=O) groups is 1. The molecule has 0 bridgehead atoms. The average molecular weight is 466 g/mol. The Morgan fingerprint density at radius 1 is 1.12 bits per heavy atom. The Labute approximate surface area is 197 Å². The highest BCUT2D eigenvalue weighted by molar-refractivity contribution is 6.31. The number of amides is 1. The molecule has 3 aromatic rings. The normalized spacial score (nSPS) is 15.0. The molecule has 0 saturated carbocycles. The van der Waals surface area contributed by atoms with Crippen molar-refractivity contribution >= 4 is 35.1 Å². The summed E-state index contributed by atoms with van der Waals surface area (Å²) in [5.74, 6) is -0.383. The fraction of sp³-hybridized carbons (Fsp3) is 0.240. The van der Waals surface area contributed by atoms with Crippen LogP contribution in [0.25, 0.3) is 0 Å². The molecule has 2 aromatic carbocycles. The number of hydrazone groups is 1. The number of halogens is 2. The molecule has 1 aliphatic heterocycles. The Balaban J connectivity index is 1.22. The van der Waals surface area contributed by atoms with E-state index >= 15 is 0 Å². The molecule has 6 nitrogen and oxygen atoms in total. The minimum atomic E-state index is -0.375. The number of anilines is 2. The van der Waals surface area contributed by atoms with Gasteiger partial charge in [0.05, 0.1) is 11.9 Å².